The highest BCUT2D eigenvalue weighted by Gasteiger charge is 2.20. The first-order valence-corrected chi connectivity index (χ1v) is 10.3. The minimum absolute atomic E-state index is 0.167. The minimum atomic E-state index is -0.521. The lowest BCUT2D eigenvalue weighted by Gasteiger charge is -2.05. The lowest BCUT2D eigenvalue weighted by atomic mass is 10.2. The third kappa shape index (κ3) is 4.21. The van der Waals surface area contributed by atoms with E-state index in [4.69, 9.17) is 0 Å². The van der Waals surface area contributed by atoms with Gasteiger partial charge in [0.2, 0.25) is 0 Å². The van der Waals surface area contributed by atoms with E-state index in [1.165, 1.54) is 35.9 Å². The van der Waals surface area contributed by atoms with Gasteiger partial charge in [0.25, 0.3) is 11.6 Å². The molecular weight excluding hydrogens is 424 g/mol. The van der Waals surface area contributed by atoms with Crippen molar-refractivity contribution in [2.75, 3.05) is 5.32 Å². The number of amides is 1. The maximum Gasteiger partial charge on any atom is 0.284 e. The van der Waals surface area contributed by atoms with Gasteiger partial charge in [-0.25, -0.2) is 4.98 Å². The lowest BCUT2D eigenvalue weighted by Crippen LogP contribution is -2.12. The molecule has 150 valence electrons. The van der Waals surface area contributed by atoms with Crippen LogP contribution in [0.15, 0.2) is 70.3 Å². The van der Waals surface area contributed by atoms with Crippen LogP contribution in [0, 0.1) is 10.1 Å². The fourth-order valence-corrected chi connectivity index (χ4v) is 4.16. The number of nitro benzene ring substituents is 1. The molecule has 0 saturated carbocycles. The Balaban J connectivity index is 1.54. The fourth-order valence-electron chi connectivity index (χ4n) is 2.59. The van der Waals surface area contributed by atoms with Crippen LogP contribution in [0.1, 0.15) is 10.4 Å². The maximum absolute atomic E-state index is 12.6. The van der Waals surface area contributed by atoms with Gasteiger partial charge in [0, 0.05) is 29.6 Å². The predicted molar refractivity (Wildman–Crippen MR) is 114 cm³/mol. The SMILES string of the molecule is Cn1cnnc1Sc1ccc(C(=O)Nc2nc(-c3ccccc3)cs2)cc1[N+](=O)[O-]. The number of hydrogen-bond acceptors (Lipinski definition) is 8. The van der Waals surface area contributed by atoms with Gasteiger partial charge < -0.3 is 4.57 Å². The van der Waals surface area contributed by atoms with Crippen molar-refractivity contribution in [3.05, 3.63) is 75.9 Å². The zero-order chi connectivity index (χ0) is 21.1. The van der Waals surface area contributed by atoms with E-state index in [1.807, 2.05) is 35.7 Å². The van der Waals surface area contributed by atoms with E-state index < -0.39 is 10.8 Å². The maximum atomic E-state index is 12.6. The van der Waals surface area contributed by atoms with Crippen molar-refractivity contribution in [2.24, 2.45) is 7.05 Å². The molecule has 11 heteroatoms. The molecule has 30 heavy (non-hydrogen) atoms. The van der Waals surface area contributed by atoms with Gasteiger partial charge in [0.05, 0.1) is 15.5 Å². The van der Waals surface area contributed by atoms with Gasteiger partial charge in [-0.15, -0.1) is 21.5 Å². The number of nitrogens with zero attached hydrogens (tertiary/aromatic N) is 5. The van der Waals surface area contributed by atoms with E-state index in [2.05, 4.69) is 20.5 Å². The molecule has 0 spiro atoms. The lowest BCUT2D eigenvalue weighted by molar-refractivity contribution is -0.387. The van der Waals surface area contributed by atoms with Gasteiger partial charge in [-0.1, -0.05) is 30.3 Å². The zero-order valence-corrected chi connectivity index (χ0v) is 17.2. The molecule has 9 nitrogen and oxygen atoms in total. The summed E-state index contributed by atoms with van der Waals surface area (Å²) >= 11 is 2.39. The van der Waals surface area contributed by atoms with E-state index in [1.54, 1.807) is 11.6 Å². The van der Waals surface area contributed by atoms with Crippen molar-refractivity contribution < 1.29 is 9.72 Å². The normalized spacial score (nSPS) is 10.7. The summed E-state index contributed by atoms with van der Waals surface area (Å²) in [4.78, 5) is 28.4. The van der Waals surface area contributed by atoms with Crippen LogP contribution in [0.25, 0.3) is 11.3 Å². The van der Waals surface area contributed by atoms with Crippen LogP contribution in [0.5, 0.6) is 0 Å². The molecule has 1 N–H and O–H groups in total. The summed E-state index contributed by atoms with van der Waals surface area (Å²) in [5.74, 6) is -0.470. The Kier molecular flexibility index (Phi) is 5.55. The number of aryl methyl sites for hydroxylation is 1. The Bertz CT molecular complexity index is 1220. The second-order valence-corrected chi connectivity index (χ2v) is 7.99. The van der Waals surface area contributed by atoms with Crippen molar-refractivity contribution in [1.29, 1.82) is 0 Å². The highest BCUT2D eigenvalue weighted by atomic mass is 32.2. The average molecular weight is 438 g/mol. The van der Waals surface area contributed by atoms with Gasteiger partial charge in [-0.05, 0) is 23.9 Å². The number of carbonyl (C=O) groups excluding carboxylic acids is 1. The largest absolute Gasteiger partial charge is 0.311 e. The Morgan fingerprint density at radius 1 is 1.23 bits per heavy atom. The summed E-state index contributed by atoms with van der Waals surface area (Å²) in [5.41, 5.74) is 1.67. The molecule has 2 aromatic heterocycles. The molecule has 1 amide bonds. The average Bonchev–Trinajstić information content (AvgIpc) is 3.38. The van der Waals surface area contributed by atoms with E-state index in [0.717, 1.165) is 23.0 Å². The second kappa shape index (κ2) is 8.43. The fraction of sp³-hybridized carbons (Fsp3) is 0.0526. The first-order chi connectivity index (χ1) is 14.5. The number of anilines is 1. The number of benzene rings is 2. The molecule has 4 aromatic rings. The van der Waals surface area contributed by atoms with Crippen LogP contribution in [0.4, 0.5) is 10.8 Å². The summed E-state index contributed by atoms with van der Waals surface area (Å²) in [5, 5.41) is 24.7. The standard InChI is InChI=1S/C19H14N6O3S2/c1-24-11-20-23-19(24)30-16-8-7-13(9-15(16)25(27)28)17(26)22-18-21-14(10-29-18)12-5-3-2-4-6-12/h2-11H,1H3,(H,21,22,26). The van der Waals surface area contributed by atoms with Crippen molar-refractivity contribution in [1.82, 2.24) is 19.7 Å². The van der Waals surface area contributed by atoms with Crippen molar-refractivity contribution >= 4 is 39.8 Å². The van der Waals surface area contributed by atoms with Gasteiger partial charge in [0.15, 0.2) is 10.3 Å². The summed E-state index contributed by atoms with van der Waals surface area (Å²) in [6.45, 7) is 0. The quantitative estimate of drug-likeness (QED) is 0.353. The van der Waals surface area contributed by atoms with Gasteiger partial charge in [-0.2, -0.15) is 0 Å². The van der Waals surface area contributed by atoms with Crippen LogP contribution >= 0.6 is 23.1 Å². The topological polar surface area (TPSA) is 116 Å². The molecule has 0 unspecified atom stereocenters. The summed E-state index contributed by atoms with van der Waals surface area (Å²) in [6, 6.07) is 13.9. The predicted octanol–water partition coefficient (Wildman–Crippen LogP) is 4.25. The molecule has 0 aliphatic heterocycles. The number of rotatable bonds is 6. The Hall–Kier alpha value is -3.57. The molecule has 2 aromatic carbocycles. The molecule has 0 atom stereocenters. The number of carbonyl (C=O) groups is 1. The monoisotopic (exact) mass is 438 g/mol. The first-order valence-electron chi connectivity index (χ1n) is 8.64. The Labute approximate surface area is 179 Å². The Morgan fingerprint density at radius 3 is 2.73 bits per heavy atom. The highest BCUT2D eigenvalue weighted by Crippen LogP contribution is 2.34. The smallest absolute Gasteiger partial charge is 0.284 e. The molecule has 0 aliphatic rings. The number of aromatic nitrogens is 4. The van der Waals surface area contributed by atoms with Crippen molar-refractivity contribution in [3.63, 3.8) is 0 Å². The van der Waals surface area contributed by atoms with Crippen LogP contribution in [-0.2, 0) is 7.05 Å². The van der Waals surface area contributed by atoms with E-state index in [0.29, 0.717) is 15.2 Å². The molecule has 0 bridgehead atoms. The summed E-state index contributed by atoms with van der Waals surface area (Å²) < 4.78 is 1.65. The van der Waals surface area contributed by atoms with Gasteiger partial charge in [-0.3, -0.25) is 20.2 Å². The molecule has 0 radical (unpaired) electrons. The number of nitrogens with one attached hydrogen (secondary N) is 1. The zero-order valence-electron chi connectivity index (χ0n) is 15.6. The number of nitro groups is 1. The van der Waals surface area contributed by atoms with E-state index in [9.17, 15) is 14.9 Å². The van der Waals surface area contributed by atoms with E-state index >= 15 is 0 Å². The third-order valence-electron chi connectivity index (χ3n) is 4.08. The van der Waals surface area contributed by atoms with Crippen LogP contribution in [0.2, 0.25) is 0 Å². The number of thiazole rings is 1. The minimum Gasteiger partial charge on any atom is -0.311 e. The third-order valence-corrected chi connectivity index (χ3v) is 5.96. The van der Waals surface area contributed by atoms with Gasteiger partial charge in [0.1, 0.15) is 6.33 Å². The summed E-state index contributed by atoms with van der Waals surface area (Å²) in [7, 11) is 1.74. The molecule has 0 aliphatic carbocycles. The molecular formula is C19H14N6O3S2. The van der Waals surface area contributed by atoms with Crippen LogP contribution in [0.3, 0.4) is 0 Å². The molecule has 4 rings (SSSR count). The van der Waals surface area contributed by atoms with E-state index in [-0.39, 0.29) is 11.3 Å². The first kappa shape index (κ1) is 19.7. The van der Waals surface area contributed by atoms with Crippen LogP contribution in [-0.4, -0.2) is 30.6 Å². The molecule has 0 fully saturated rings. The highest BCUT2D eigenvalue weighted by molar-refractivity contribution is 7.99. The molecule has 0 saturated heterocycles. The van der Waals surface area contributed by atoms with Crippen LogP contribution < -0.4 is 5.32 Å². The number of hydrogen-bond donors (Lipinski definition) is 1. The van der Waals surface area contributed by atoms with Crippen molar-refractivity contribution in [2.45, 2.75) is 10.1 Å². The Morgan fingerprint density at radius 2 is 2.03 bits per heavy atom. The summed E-state index contributed by atoms with van der Waals surface area (Å²) in [6.07, 6.45) is 1.51. The second-order valence-electron chi connectivity index (χ2n) is 6.12. The van der Waals surface area contributed by atoms with Crippen molar-refractivity contribution in [3.8, 4) is 11.3 Å². The van der Waals surface area contributed by atoms with Gasteiger partial charge >= 0.3 is 0 Å². The molecule has 2 heterocycles.